The lowest BCUT2D eigenvalue weighted by atomic mass is 10.1. The number of nitrogens with zero attached hydrogens (tertiary/aromatic N) is 2. The SMILES string of the molecule is Oc1ccc(Cl)cc1-c1cc(C(F)(F)F)nc(-c2ccccc2)n1. The average molecular weight is 351 g/mol. The topological polar surface area (TPSA) is 46.0 Å². The third-order valence-corrected chi connectivity index (χ3v) is 3.52. The minimum absolute atomic E-state index is 0.0591. The van der Waals surface area contributed by atoms with Crippen LogP contribution in [-0.2, 0) is 6.18 Å². The molecule has 0 unspecified atom stereocenters. The van der Waals surface area contributed by atoms with Gasteiger partial charge in [0.1, 0.15) is 11.4 Å². The van der Waals surface area contributed by atoms with Crippen molar-refractivity contribution in [3.05, 3.63) is 65.3 Å². The van der Waals surface area contributed by atoms with Crippen molar-refractivity contribution >= 4 is 11.6 Å². The molecule has 1 N–H and O–H groups in total. The third kappa shape index (κ3) is 3.33. The van der Waals surface area contributed by atoms with Gasteiger partial charge in [0.2, 0.25) is 0 Å². The highest BCUT2D eigenvalue weighted by atomic mass is 35.5. The Morgan fingerprint density at radius 2 is 1.62 bits per heavy atom. The molecule has 122 valence electrons. The van der Waals surface area contributed by atoms with Crippen molar-refractivity contribution in [1.29, 1.82) is 0 Å². The monoisotopic (exact) mass is 350 g/mol. The van der Waals surface area contributed by atoms with Crippen LogP contribution in [0.4, 0.5) is 13.2 Å². The van der Waals surface area contributed by atoms with E-state index in [1.165, 1.54) is 18.2 Å². The van der Waals surface area contributed by atoms with Gasteiger partial charge in [0.15, 0.2) is 5.82 Å². The number of hydrogen-bond donors (Lipinski definition) is 1. The molecule has 0 amide bonds. The Balaban J connectivity index is 2.25. The molecular weight excluding hydrogens is 341 g/mol. The summed E-state index contributed by atoms with van der Waals surface area (Å²) in [7, 11) is 0. The maximum atomic E-state index is 13.2. The summed E-state index contributed by atoms with van der Waals surface area (Å²) in [6.07, 6.45) is -4.64. The lowest BCUT2D eigenvalue weighted by Gasteiger charge is -2.12. The molecule has 0 aliphatic heterocycles. The molecule has 24 heavy (non-hydrogen) atoms. The molecule has 0 bridgehead atoms. The highest BCUT2D eigenvalue weighted by Gasteiger charge is 2.34. The van der Waals surface area contributed by atoms with E-state index in [4.69, 9.17) is 11.6 Å². The first kappa shape index (κ1) is 16.3. The predicted octanol–water partition coefficient (Wildman–Crippen LogP) is 5.19. The van der Waals surface area contributed by atoms with Gasteiger partial charge < -0.3 is 5.11 Å². The number of benzene rings is 2. The van der Waals surface area contributed by atoms with Gasteiger partial charge in [-0.05, 0) is 24.3 Å². The molecule has 0 atom stereocenters. The number of aromatic hydroxyl groups is 1. The van der Waals surface area contributed by atoms with Gasteiger partial charge >= 0.3 is 6.18 Å². The number of hydrogen-bond acceptors (Lipinski definition) is 3. The molecule has 0 aliphatic rings. The van der Waals surface area contributed by atoms with Crippen LogP contribution < -0.4 is 0 Å². The number of alkyl halides is 3. The summed E-state index contributed by atoms with van der Waals surface area (Å²) < 4.78 is 39.5. The van der Waals surface area contributed by atoms with Crippen LogP contribution in [0.15, 0.2) is 54.6 Å². The Bertz CT molecular complexity index is 883. The fourth-order valence-corrected chi connectivity index (χ4v) is 2.33. The molecule has 3 aromatic rings. The summed E-state index contributed by atoms with van der Waals surface area (Å²) in [6.45, 7) is 0. The highest BCUT2D eigenvalue weighted by molar-refractivity contribution is 6.30. The predicted molar refractivity (Wildman–Crippen MR) is 84.6 cm³/mol. The summed E-state index contributed by atoms with van der Waals surface area (Å²) in [5.41, 5.74) is -0.610. The summed E-state index contributed by atoms with van der Waals surface area (Å²) in [5.74, 6) is -0.301. The lowest BCUT2D eigenvalue weighted by Crippen LogP contribution is -2.10. The quantitative estimate of drug-likeness (QED) is 0.692. The molecule has 0 saturated carbocycles. The second kappa shape index (κ2) is 6.13. The van der Waals surface area contributed by atoms with Crippen LogP contribution in [0.2, 0.25) is 5.02 Å². The Morgan fingerprint density at radius 1 is 0.917 bits per heavy atom. The molecule has 3 nitrogen and oxygen atoms in total. The summed E-state index contributed by atoms with van der Waals surface area (Å²) >= 11 is 5.88. The summed E-state index contributed by atoms with van der Waals surface area (Å²) in [6, 6.07) is 13.2. The maximum Gasteiger partial charge on any atom is 0.433 e. The van der Waals surface area contributed by atoms with Crippen molar-refractivity contribution in [2.75, 3.05) is 0 Å². The molecule has 3 rings (SSSR count). The molecule has 0 saturated heterocycles. The number of halogens is 4. The summed E-state index contributed by atoms with van der Waals surface area (Å²) in [5, 5.41) is 10.2. The smallest absolute Gasteiger partial charge is 0.433 e. The van der Waals surface area contributed by atoms with Crippen LogP contribution in [0.1, 0.15) is 5.69 Å². The first-order valence-corrected chi connectivity index (χ1v) is 7.23. The fourth-order valence-electron chi connectivity index (χ4n) is 2.16. The van der Waals surface area contributed by atoms with Crippen LogP contribution in [-0.4, -0.2) is 15.1 Å². The highest BCUT2D eigenvalue weighted by Crippen LogP contribution is 2.35. The van der Waals surface area contributed by atoms with E-state index >= 15 is 0 Å². The van der Waals surface area contributed by atoms with Crippen molar-refractivity contribution in [1.82, 2.24) is 9.97 Å². The van der Waals surface area contributed by atoms with E-state index in [9.17, 15) is 18.3 Å². The Morgan fingerprint density at radius 3 is 2.29 bits per heavy atom. The molecule has 0 radical (unpaired) electrons. The van der Waals surface area contributed by atoms with Crippen LogP contribution >= 0.6 is 11.6 Å². The van der Waals surface area contributed by atoms with E-state index < -0.39 is 11.9 Å². The lowest BCUT2D eigenvalue weighted by molar-refractivity contribution is -0.141. The second-order valence-electron chi connectivity index (χ2n) is 4.99. The molecule has 1 aromatic heterocycles. The van der Waals surface area contributed by atoms with Crippen molar-refractivity contribution in [3.8, 4) is 28.4 Å². The number of rotatable bonds is 2. The van der Waals surface area contributed by atoms with Gasteiger partial charge in [-0.1, -0.05) is 41.9 Å². The zero-order chi connectivity index (χ0) is 17.3. The minimum Gasteiger partial charge on any atom is -0.507 e. The first-order valence-electron chi connectivity index (χ1n) is 6.85. The van der Waals surface area contributed by atoms with Gasteiger partial charge in [0.25, 0.3) is 0 Å². The first-order chi connectivity index (χ1) is 11.3. The van der Waals surface area contributed by atoms with Crippen molar-refractivity contribution < 1.29 is 18.3 Å². The number of phenolic OH excluding ortho intramolecular Hbond substituents is 1. The Hall–Kier alpha value is -2.60. The van der Waals surface area contributed by atoms with Crippen LogP contribution in [0.5, 0.6) is 5.75 Å². The van der Waals surface area contributed by atoms with Crippen LogP contribution in [0.25, 0.3) is 22.6 Å². The molecule has 7 heteroatoms. The van der Waals surface area contributed by atoms with Gasteiger partial charge in [0, 0.05) is 16.1 Å². The normalized spacial score (nSPS) is 11.5. The van der Waals surface area contributed by atoms with Gasteiger partial charge in [-0.15, -0.1) is 0 Å². The Labute approximate surface area is 140 Å². The second-order valence-corrected chi connectivity index (χ2v) is 5.42. The molecule has 1 heterocycles. The van der Waals surface area contributed by atoms with E-state index in [2.05, 4.69) is 9.97 Å². The Kier molecular flexibility index (Phi) is 4.15. The van der Waals surface area contributed by atoms with Crippen molar-refractivity contribution in [2.45, 2.75) is 6.18 Å². The molecule has 0 spiro atoms. The fraction of sp³-hybridized carbons (Fsp3) is 0.0588. The van der Waals surface area contributed by atoms with E-state index in [-0.39, 0.29) is 27.9 Å². The van der Waals surface area contributed by atoms with Gasteiger partial charge in [-0.25, -0.2) is 9.97 Å². The van der Waals surface area contributed by atoms with Crippen LogP contribution in [0.3, 0.4) is 0 Å². The molecule has 0 fully saturated rings. The van der Waals surface area contributed by atoms with Gasteiger partial charge in [-0.2, -0.15) is 13.2 Å². The average Bonchev–Trinajstić information content (AvgIpc) is 2.56. The number of phenols is 1. The third-order valence-electron chi connectivity index (χ3n) is 3.28. The van der Waals surface area contributed by atoms with Gasteiger partial charge in [0.05, 0.1) is 5.69 Å². The summed E-state index contributed by atoms with van der Waals surface area (Å²) in [4.78, 5) is 7.76. The maximum absolute atomic E-state index is 13.2. The van der Waals surface area contributed by atoms with E-state index in [1.54, 1.807) is 30.3 Å². The molecular formula is C17H10ClF3N2O. The van der Waals surface area contributed by atoms with E-state index in [0.29, 0.717) is 5.56 Å². The minimum atomic E-state index is -4.64. The van der Waals surface area contributed by atoms with Gasteiger partial charge in [-0.3, -0.25) is 0 Å². The standard InChI is InChI=1S/C17H10ClF3N2O/c18-11-6-7-14(24)12(8-11)13-9-15(17(19,20)21)23-16(22-13)10-4-2-1-3-5-10/h1-9,24H. The van der Waals surface area contributed by atoms with Crippen molar-refractivity contribution in [3.63, 3.8) is 0 Å². The zero-order valence-electron chi connectivity index (χ0n) is 12.0. The van der Waals surface area contributed by atoms with Crippen molar-refractivity contribution in [2.24, 2.45) is 0 Å². The largest absolute Gasteiger partial charge is 0.507 e. The number of aromatic nitrogens is 2. The molecule has 0 aliphatic carbocycles. The molecule has 2 aromatic carbocycles. The van der Waals surface area contributed by atoms with E-state index in [0.717, 1.165) is 6.07 Å². The van der Waals surface area contributed by atoms with Crippen LogP contribution in [0, 0.1) is 0 Å². The zero-order valence-corrected chi connectivity index (χ0v) is 12.8. The van der Waals surface area contributed by atoms with E-state index in [1.807, 2.05) is 0 Å².